The maximum absolute atomic E-state index is 11.5. The number of hydrogen-bond donors (Lipinski definition) is 3. The fraction of sp³-hybridized carbons (Fsp3) is 0.933. The fourth-order valence-electron chi connectivity index (χ4n) is 2.72. The highest BCUT2D eigenvalue weighted by atomic mass is 16.5. The molecule has 0 heterocycles. The quantitative estimate of drug-likeness (QED) is 0.598. The van der Waals surface area contributed by atoms with E-state index in [2.05, 4.69) is 17.6 Å². The molecule has 1 aliphatic rings. The van der Waals surface area contributed by atoms with Crippen molar-refractivity contribution < 1.29 is 14.6 Å². The summed E-state index contributed by atoms with van der Waals surface area (Å²) >= 11 is 0. The summed E-state index contributed by atoms with van der Waals surface area (Å²) in [5.41, 5.74) is -0.570. The fourth-order valence-corrected chi connectivity index (χ4v) is 2.72. The number of hydrogen-bond acceptors (Lipinski definition) is 4. The highest BCUT2D eigenvalue weighted by Crippen LogP contribution is 2.31. The lowest BCUT2D eigenvalue weighted by Gasteiger charge is -2.35. The van der Waals surface area contributed by atoms with Crippen LogP contribution < -0.4 is 10.6 Å². The Morgan fingerprint density at radius 3 is 2.65 bits per heavy atom. The van der Waals surface area contributed by atoms with Crippen LogP contribution in [0.25, 0.3) is 0 Å². The first-order valence-electron chi connectivity index (χ1n) is 7.90. The Morgan fingerprint density at radius 2 is 2.05 bits per heavy atom. The van der Waals surface area contributed by atoms with E-state index in [-0.39, 0.29) is 12.1 Å². The molecule has 0 spiro atoms. The van der Waals surface area contributed by atoms with E-state index in [1.807, 2.05) is 7.05 Å². The van der Waals surface area contributed by atoms with Crippen LogP contribution in [-0.2, 0) is 4.74 Å². The van der Waals surface area contributed by atoms with Gasteiger partial charge in [0, 0.05) is 12.6 Å². The van der Waals surface area contributed by atoms with Gasteiger partial charge in [-0.2, -0.15) is 0 Å². The number of alkyl carbamates (subject to hydrolysis) is 1. The molecule has 1 fully saturated rings. The van der Waals surface area contributed by atoms with E-state index in [0.717, 1.165) is 38.5 Å². The molecule has 3 N–H and O–H groups in total. The molecule has 0 saturated heterocycles. The van der Waals surface area contributed by atoms with Crippen molar-refractivity contribution in [1.29, 1.82) is 0 Å². The first kappa shape index (κ1) is 17.2. The minimum atomic E-state index is -0.570. The number of rotatable bonds is 8. The standard InChI is InChI=1S/C15H30N2O3/c1-3-4-10-20-14(18)17-12-13(16-2)11-15(19)8-6-5-7-9-15/h13,16,19H,3-12H2,1-2H3,(H,17,18). The summed E-state index contributed by atoms with van der Waals surface area (Å²) in [6.45, 7) is 3.02. The monoisotopic (exact) mass is 286 g/mol. The molecule has 5 heteroatoms. The average Bonchev–Trinajstić information content (AvgIpc) is 2.44. The Labute approximate surface area is 122 Å². The van der Waals surface area contributed by atoms with Crippen molar-refractivity contribution in [3.8, 4) is 0 Å². The van der Waals surface area contributed by atoms with Crippen LogP contribution in [0.3, 0.4) is 0 Å². The first-order valence-corrected chi connectivity index (χ1v) is 7.90. The van der Waals surface area contributed by atoms with Gasteiger partial charge < -0.3 is 20.5 Å². The highest BCUT2D eigenvalue weighted by molar-refractivity contribution is 5.67. The number of carbonyl (C=O) groups is 1. The van der Waals surface area contributed by atoms with Crippen LogP contribution in [0.2, 0.25) is 0 Å². The smallest absolute Gasteiger partial charge is 0.407 e. The van der Waals surface area contributed by atoms with E-state index < -0.39 is 5.60 Å². The predicted molar refractivity (Wildman–Crippen MR) is 79.8 cm³/mol. The summed E-state index contributed by atoms with van der Waals surface area (Å²) in [4.78, 5) is 11.5. The molecule has 5 nitrogen and oxygen atoms in total. The summed E-state index contributed by atoms with van der Waals surface area (Å²) in [7, 11) is 1.86. The van der Waals surface area contributed by atoms with E-state index in [1.54, 1.807) is 0 Å². The lowest BCUT2D eigenvalue weighted by molar-refractivity contribution is -0.0116. The maximum atomic E-state index is 11.5. The normalized spacial score (nSPS) is 19.4. The van der Waals surface area contributed by atoms with E-state index in [4.69, 9.17) is 4.74 Å². The maximum Gasteiger partial charge on any atom is 0.407 e. The van der Waals surface area contributed by atoms with E-state index >= 15 is 0 Å². The SMILES string of the molecule is CCCCOC(=O)NCC(CC1(O)CCCCC1)NC. The molecule has 118 valence electrons. The van der Waals surface area contributed by atoms with E-state index in [1.165, 1.54) is 6.42 Å². The van der Waals surface area contributed by atoms with Crippen LogP contribution in [-0.4, -0.2) is 43.0 Å². The van der Waals surface area contributed by atoms with Crippen molar-refractivity contribution in [2.45, 2.75) is 69.9 Å². The minimum Gasteiger partial charge on any atom is -0.450 e. The number of ether oxygens (including phenoxy) is 1. The zero-order valence-corrected chi connectivity index (χ0v) is 12.9. The first-order chi connectivity index (χ1) is 9.59. The Balaban J connectivity index is 2.26. The molecule has 0 aromatic rings. The Bertz CT molecular complexity index is 278. The second kappa shape index (κ2) is 9.19. The number of nitrogens with one attached hydrogen (secondary N) is 2. The van der Waals surface area contributed by atoms with Gasteiger partial charge in [0.1, 0.15) is 0 Å². The largest absolute Gasteiger partial charge is 0.450 e. The van der Waals surface area contributed by atoms with Gasteiger partial charge in [0.25, 0.3) is 0 Å². The molecule has 1 amide bonds. The molecule has 0 aliphatic heterocycles. The van der Waals surface area contributed by atoms with Crippen molar-refractivity contribution in [3.63, 3.8) is 0 Å². The summed E-state index contributed by atoms with van der Waals surface area (Å²) in [5, 5.41) is 16.5. The van der Waals surface area contributed by atoms with Crippen LogP contribution >= 0.6 is 0 Å². The van der Waals surface area contributed by atoms with Crippen LogP contribution in [0.5, 0.6) is 0 Å². The van der Waals surface area contributed by atoms with Crippen molar-refractivity contribution in [2.75, 3.05) is 20.2 Å². The topological polar surface area (TPSA) is 70.6 Å². The number of aliphatic hydroxyl groups is 1. The van der Waals surface area contributed by atoms with Crippen molar-refractivity contribution in [1.82, 2.24) is 10.6 Å². The van der Waals surface area contributed by atoms with Gasteiger partial charge in [0.15, 0.2) is 0 Å². The Hall–Kier alpha value is -0.810. The van der Waals surface area contributed by atoms with Gasteiger partial charge in [-0.3, -0.25) is 0 Å². The van der Waals surface area contributed by atoms with Gasteiger partial charge in [0.2, 0.25) is 0 Å². The van der Waals surface area contributed by atoms with Crippen molar-refractivity contribution in [2.24, 2.45) is 0 Å². The lowest BCUT2D eigenvalue weighted by atomic mass is 9.80. The molecule has 1 aliphatic carbocycles. The van der Waals surface area contributed by atoms with Gasteiger partial charge in [-0.1, -0.05) is 32.6 Å². The van der Waals surface area contributed by atoms with E-state index in [9.17, 15) is 9.90 Å². The molecule has 0 radical (unpaired) electrons. The molecular weight excluding hydrogens is 256 g/mol. The zero-order valence-electron chi connectivity index (χ0n) is 12.9. The van der Waals surface area contributed by atoms with Gasteiger partial charge in [-0.05, 0) is 32.7 Å². The van der Waals surface area contributed by atoms with E-state index in [0.29, 0.717) is 19.6 Å². The Kier molecular flexibility index (Phi) is 7.92. The number of amides is 1. The zero-order chi connectivity index (χ0) is 14.8. The number of carbonyl (C=O) groups excluding carboxylic acids is 1. The molecule has 20 heavy (non-hydrogen) atoms. The molecule has 0 bridgehead atoms. The molecule has 1 saturated carbocycles. The summed E-state index contributed by atoms with van der Waals surface area (Å²) in [5.74, 6) is 0. The molecule has 0 aromatic heterocycles. The predicted octanol–water partition coefficient (Wildman–Crippen LogP) is 2.19. The second-order valence-corrected chi connectivity index (χ2v) is 5.85. The van der Waals surface area contributed by atoms with Crippen molar-refractivity contribution in [3.05, 3.63) is 0 Å². The summed E-state index contributed by atoms with van der Waals surface area (Å²) in [6, 6.07) is 0.0804. The average molecular weight is 286 g/mol. The van der Waals surface area contributed by atoms with Crippen LogP contribution in [0.1, 0.15) is 58.3 Å². The van der Waals surface area contributed by atoms with Crippen LogP contribution in [0, 0.1) is 0 Å². The number of likely N-dealkylation sites (N-methyl/N-ethyl adjacent to an activating group) is 1. The van der Waals surface area contributed by atoms with Gasteiger partial charge in [-0.25, -0.2) is 4.79 Å². The van der Waals surface area contributed by atoms with Crippen LogP contribution in [0.4, 0.5) is 4.79 Å². The third-order valence-corrected chi connectivity index (χ3v) is 4.04. The molecule has 1 rings (SSSR count). The van der Waals surface area contributed by atoms with Gasteiger partial charge in [-0.15, -0.1) is 0 Å². The van der Waals surface area contributed by atoms with Crippen molar-refractivity contribution >= 4 is 6.09 Å². The Morgan fingerprint density at radius 1 is 1.35 bits per heavy atom. The minimum absolute atomic E-state index is 0.0804. The molecule has 0 aromatic carbocycles. The third kappa shape index (κ3) is 6.57. The summed E-state index contributed by atoms with van der Waals surface area (Å²) < 4.78 is 5.05. The molecular formula is C15H30N2O3. The van der Waals surface area contributed by atoms with Crippen LogP contribution in [0.15, 0.2) is 0 Å². The molecule has 1 unspecified atom stereocenters. The van der Waals surface area contributed by atoms with Gasteiger partial charge >= 0.3 is 6.09 Å². The highest BCUT2D eigenvalue weighted by Gasteiger charge is 2.31. The third-order valence-electron chi connectivity index (χ3n) is 4.04. The molecule has 1 atom stereocenters. The van der Waals surface area contributed by atoms with Gasteiger partial charge in [0.05, 0.1) is 12.2 Å². The number of unbranched alkanes of at least 4 members (excludes halogenated alkanes) is 1. The second-order valence-electron chi connectivity index (χ2n) is 5.85. The lowest BCUT2D eigenvalue weighted by Crippen LogP contribution is -2.46. The summed E-state index contributed by atoms with van der Waals surface area (Å²) in [6.07, 6.45) is 7.36.